The molecule has 0 heteroatoms. The molecule has 0 bridgehead atoms. The van der Waals surface area contributed by atoms with Gasteiger partial charge in [-0.05, 0) is 23.1 Å². The van der Waals surface area contributed by atoms with E-state index in [1.807, 2.05) is 0 Å². The van der Waals surface area contributed by atoms with Crippen molar-refractivity contribution < 1.29 is 0 Å². The standard InChI is InChI=1S/C17H18/c1-2-3-14-17(15-10-6-4-7-11-15)16-12-8-5-9-13-16/h4-14H,2-3H2,1H3. The number of hydrogen-bond donors (Lipinski definition) is 0. The molecule has 0 unspecified atom stereocenters. The molecule has 2 aromatic carbocycles. The Morgan fingerprint density at radius 3 is 1.71 bits per heavy atom. The zero-order chi connectivity index (χ0) is 11.9. The van der Waals surface area contributed by atoms with E-state index < -0.39 is 0 Å². The van der Waals surface area contributed by atoms with Crippen molar-refractivity contribution in [3.63, 3.8) is 0 Å². The number of rotatable bonds is 4. The van der Waals surface area contributed by atoms with E-state index in [1.165, 1.54) is 23.1 Å². The molecule has 0 atom stereocenters. The molecule has 86 valence electrons. The van der Waals surface area contributed by atoms with Crippen LogP contribution in [-0.4, -0.2) is 0 Å². The minimum atomic E-state index is 1.12. The molecule has 0 spiro atoms. The summed E-state index contributed by atoms with van der Waals surface area (Å²) < 4.78 is 0. The fourth-order valence-electron chi connectivity index (χ4n) is 1.93. The molecule has 17 heavy (non-hydrogen) atoms. The van der Waals surface area contributed by atoms with Crippen LogP contribution in [0.1, 0.15) is 30.9 Å². The lowest BCUT2D eigenvalue weighted by Crippen LogP contribution is -1.87. The van der Waals surface area contributed by atoms with Crippen LogP contribution in [0.3, 0.4) is 0 Å². The average Bonchev–Trinajstić information content (AvgIpc) is 2.42. The molecule has 0 saturated heterocycles. The Labute approximate surface area is 104 Å². The van der Waals surface area contributed by atoms with Crippen molar-refractivity contribution in [1.82, 2.24) is 0 Å². The van der Waals surface area contributed by atoms with Crippen molar-refractivity contribution >= 4 is 5.57 Å². The molecule has 0 aromatic heterocycles. The minimum absolute atomic E-state index is 1.12. The molecule has 0 radical (unpaired) electrons. The van der Waals surface area contributed by atoms with Gasteiger partial charge in [0, 0.05) is 0 Å². The third-order valence-corrected chi connectivity index (χ3v) is 2.81. The number of allylic oxidation sites excluding steroid dienone is 1. The number of benzene rings is 2. The van der Waals surface area contributed by atoms with E-state index in [9.17, 15) is 0 Å². The Balaban J connectivity index is 2.40. The van der Waals surface area contributed by atoms with Crippen LogP contribution >= 0.6 is 0 Å². The number of hydrogen-bond acceptors (Lipinski definition) is 0. The topological polar surface area (TPSA) is 0 Å². The molecule has 0 fully saturated rings. The maximum Gasteiger partial charge on any atom is -0.0151 e. The molecule has 2 aromatic rings. The van der Waals surface area contributed by atoms with Crippen molar-refractivity contribution in [3.8, 4) is 0 Å². The Kier molecular flexibility index (Phi) is 4.15. The molecule has 0 aliphatic rings. The van der Waals surface area contributed by atoms with Gasteiger partial charge in [0.05, 0.1) is 0 Å². The summed E-state index contributed by atoms with van der Waals surface area (Å²) in [4.78, 5) is 0. The predicted molar refractivity (Wildman–Crippen MR) is 74.9 cm³/mol. The first kappa shape index (κ1) is 11.7. The molecular weight excluding hydrogens is 204 g/mol. The molecule has 0 amide bonds. The largest absolute Gasteiger partial charge is 0.0761 e. The fourth-order valence-corrected chi connectivity index (χ4v) is 1.93. The van der Waals surface area contributed by atoms with E-state index in [0.717, 1.165) is 6.42 Å². The summed E-state index contributed by atoms with van der Waals surface area (Å²) in [7, 11) is 0. The van der Waals surface area contributed by atoms with Crippen molar-refractivity contribution in [1.29, 1.82) is 0 Å². The normalized spacial score (nSPS) is 9.94. The van der Waals surface area contributed by atoms with Crippen molar-refractivity contribution in [2.24, 2.45) is 0 Å². The first-order valence-corrected chi connectivity index (χ1v) is 6.23. The van der Waals surface area contributed by atoms with Crippen molar-refractivity contribution in [2.45, 2.75) is 19.8 Å². The zero-order valence-electron chi connectivity index (χ0n) is 10.3. The molecule has 0 aliphatic carbocycles. The quantitative estimate of drug-likeness (QED) is 0.689. The Hall–Kier alpha value is -1.82. The van der Waals surface area contributed by atoms with E-state index in [0.29, 0.717) is 0 Å². The molecule has 0 heterocycles. The lowest BCUT2D eigenvalue weighted by molar-refractivity contribution is 0.960. The van der Waals surface area contributed by atoms with Gasteiger partial charge < -0.3 is 0 Å². The monoisotopic (exact) mass is 222 g/mol. The highest BCUT2D eigenvalue weighted by atomic mass is 14.1. The van der Waals surface area contributed by atoms with Crippen LogP contribution in [0.4, 0.5) is 0 Å². The van der Waals surface area contributed by atoms with E-state index in [4.69, 9.17) is 0 Å². The summed E-state index contributed by atoms with van der Waals surface area (Å²) in [5, 5.41) is 0. The Bertz CT molecular complexity index is 424. The highest BCUT2D eigenvalue weighted by Gasteiger charge is 2.02. The molecule has 0 nitrogen and oxygen atoms in total. The van der Waals surface area contributed by atoms with E-state index in [2.05, 4.69) is 73.7 Å². The van der Waals surface area contributed by atoms with Crippen LogP contribution in [0, 0.1) is 0 Å². The summed E-state index contributed by atoms with van der Waals surface area (Å²) in [6.45, 7) is 2.21. The van der Waals surface area contributed by atoms with Gasteiger partial charge in [0.15, 0.2) is 0 Å². The number of unbranched alkanes of at least 4 members (excludes halogenated alkanes) is 1. The third-order valence-electron chi connectivity index (χ3n) is 2.81. The van der Waals surface area contributed by atoms with Gasteiger partial charge in [0.1, 0.15) is 0 Å². The van der Waals surface area contributed by atoms with Gasteiger partial charge in [0.2, 0.25) is 0 Å². The third kappa shape index (κ3) is 3.07. The fraction of sp³-hybridized carbons (Fsp3) is 0.176. The highest BCUT2D eigenvalue weighted by molar-refractivity contribution is 5.79. The smallest absolute Gasteiger partial charge is 0.0151 e. The second-order valence-electron chi connectivity index (χ2n) is 4.14. The molecule has 0 aliphatic heterocycles. The van der Waals surface area contributed by atoms with E-state index in [-0.39, 0.29) is 0 Å². The van der Waals surface area contributed by atoms with Gasteiger partial charge >= 0.3 is 0 Å². The van der Waals surface area contributed by atoms with Crippen LogP contribution in [0.2, 0.25) is 0 Å². The van der Waals surface area contributed by atoms with Gasteiger partial charge in [-0.15, -0.1) is 0 Å². The first-order chi connectivity index (χ1) is 8.42. The maximum atomic E-state index is 2.34. The summed E-state index contributed by atoms with van der Waals surface area (Å²) in [6, 6.07) is 21.2. The van der Waals surface area contributed by atoms with Gasteiger partial charge in [-0.2, -0.15) is 0 Å². The summed E-state index contributed by atoms with van der Waals surface area (Å²) >= 11 is 0. The lowest BCUT2D eigenvalue weighted by Gasteiger charge is -2.08. The van der Waals surface area contributed by atoms with Crippen LogP contribution in [0.5, 0.6) is 0 Å². The van der Waals surface area contributed by atoms with E-state index >= 15 is 0 Å². The summed E-state index contributed by atoms with van der Waals surface area (Å²) in [6.07, 6.45) is 4.65. The van der Waals surface area contributed by atoms with Gasteiger partial charge in [-0.1, -0.05) is 80.1 Å². The van der Waals surface area contributed by atoms with Crippen LogP contribution in [0.15, 0.2) is 66.7 Å². The predicted octanol–water partition coefficient (Wildman–Crippen LogP) is 4.92. The molecule has 0 saturated carbocycles. The first-order valence-electron chi connectivity index (χ1n) is 6.23. The second-order valence-corrected chi connectivity index (χ2v) is 4.14. The highest BCUT2D eigenvalue weighted by Crippen LogP contribution is 2.23. The van der Waals surface area contributed by atoms with Crippen LogP contribution in [-0.2, 0) is 0 Å². The Morgan fingerprint density at radius 1 is 0.824 bits per heavy atom. The van der Waals surface area contributed by atoms with Gasteiger partial charge in [-0.25, -0.2) is 0 Å². The summed E-state index contributed by atoms with van der Waals surface area (Å²) in [5.41, 5.74) is 3.94. The summed E-state index contributed by atoms with van der Waals surface area (Å²) in [5.74, 6) is 0. The molecule has 2 rings (SSSR count). The van der Waals surface area contributed by atoms with Crippen LogP contribution in [0.25, 0.3) is 5.57 Å². The average molecular weight is 222 g/mol. The van der Waals surface area contributed by atoms with Gasteiger partial charge in [-0.3, -0.25) is 0 Å². The zero-order valence-corrected chi connectivity index (χ0v) is 10.3. The van der Waals surface area contributed by atoms with Crippen molar-refractivity contribution in [3.05, 3.63) is 77.9 Å². The molecule has 0 N–H and O–H groups in total. The Morgan fingerprint density at radius 2 is 1.29 bits per heavy atom. The molecular formula is C17H18. The van der Waals surface area contributed by atoms with Crippen LogP contribution < -0.4 is 0 Å². The SMILES string of the molecule is CCCC=C(c1ccccc1)c1ccccc1. The maximum absolute atomic E-state index is 2.34. The minimum Gasteiger partial charge on any atom is -0.0761 e. The lowest BCUT2D eigenvalue weighted by atomic mass is 9.97. The second kappa shape index (κ2) is 6.05. The van der Waals surface area contributed by atoms with Gasteiger partial charge in [0.25, 0.3) is 0 Å². The van der Waals surface area contributed by atoms with E-state index in [1.54, 1.807) is 0 Å². The van der Waals surface area contributed by atoms with Crippen molar-refractivity contribution in [2.75, 3.05) is 0 Å².